The van der Waals surface area contributed by atoms with Crippen LogP contribution in [0.2, 0.25) is 5.02 Å². The molecule has 4 nitrogen and oxygen atoms in total. The van der Waals surface area contributed by atoms with E-state index in [-0.39, 0.29) is 5.82 Å². The van der Waals surface area contributed by atoms with Crippen LogP contribution in [0, 0.1) is 40.8 Å². The molecule has 1 saturated heterocycles. The van der Waals surface area contributed by atoms with Crippen molar-refractivity contribution in [1.29, 1.82) is 0 Å². The van der Waals surface area contributed by atoms with Crippen molar-refractivity contribution in [1.82, 2.24) is 15.1 Å². The molecule has 34 heavy (non-hydrogen) atoms. The van der Waals surface area contributed by atoms with E-state index in [2.05, 4.69) is 20.4 Å². The maximum Gasteiger partial charge on any atom is 0.148 e. The van der Waals surface area contributed by atoms with E-state index in [0.717, 1.165) is 35.4 Å². The van der Waals surface area contributed by atoms with Gasteiger partial charge in [-0.1, -0.05) is 11.6 Å². The molecule has 2 aromatic rings. The first kappa shape index (κ1) is 21.6. The lowest BCUT2D eigenvalue weighted by Gasteiger charge is -2.57. The summed E-state index contributed by atoms with van der Waals surface area (Å²) in [5, 5.41) is 12.8. The monoisotopic (exact) mass is 480 g/mol. The quantitative estimate of drug-likeness (QED) is 0.547. The Labute approximate surface area is 206 Å². The predicted molar refractivity (Wildman–Crippen MR) is 133 cm³/mol. The van der Waals surface area contributed by atoms with Gasteiger partial charge in [0.2, 0.25) is 0 Å². The lowest BCUT2D eigenvalue weighted by Crippen LogP contribution is -2.51. The molecule has 8 rings (SSSR count). The van der Waals surface area contributed by atoms with Gasteiger partial charge in [0.1, 0.15) is 11.6 Å². The first-order valence-electron chi connectivity index (χ1n) is 13.3. The molecule has 1 aromatic heterocycles. The fraction of sp³-hybridized carbons (Fsp3) is 0.643. The minimum absolute atomic E-state index is 0.321. The van der Waals surface area contributed by atoms with Gasteiger partial charge in [-0.05, 0) is 117 Å². The zero-order chi connectivity index (χ0) is 22.9. The molecule has 4 bridgehead atoms. The summed E-state index contributed by atoms with van der Waals surface area (Å²) in [7, 11) is 0. The molecule has 1 unspecified atom stereocenters. The Balaban J connectivity index is 0.950. The van der Waals surface area contributed by atoms with Crippen molar-refractivity contribution >= 4 is 17.4 Å². The summed E-state index contributed by atoms with van der Waals surface area (Å²) in [6, 6.07) is 8.61. The second-order valence-corrected chi connectivity index (χ2v) is 12.8. The fourth-order valence-corrected chi connectivity index (χ4v) is 9.27. The lowest BCUT2D eigenvalue weighted by atomic mass is 9.49. The van der Waals surface area contributed by atoms with Gasteiger partial charge in [0.25, 0.3) is 0 Å². The molecular weight excluding hydrogens is 447 g/mol. The van der Waals surface area contributed by atoms with Gasteiger partial charge in [0.05, 0.1) is 10.7 Å². The van der Waals surface area contributed by atoms with Crippen molar-refractivity contribution in [2.45, 2.75) is 57.4 Å². The van der Waals surface area contributed by atoms with E-state index in [0.29, 0.717) is 27.7 Å². The molecule has 3 atom stereocenters. The molecular formula is C28H34ClFN4. The minimum atomic E-state index is -0.321. The molecule has 1 aromatic carbocycles. The molecule has 0 radical (unpaired) electrons. The highest BCUT2D eigenvalue weighted by atomic mass is 35.5. The zero-order valence-electron chi connectivity index (χ0n) is 19.7. The SMILES string of the molecule is Fc1ccc(Cl)c(-c2ccc(NC3C[C@@H]4CN(CC56CC7CC(CC(C7)C5)C6)C[C@@H]4C3)nn2)c1. The Kier molecular flexibility index (Phi) is 5.17. The van der Waals surface area contributed by atoms with Crippen LogP contribution in [0.1, 0.15) is 51.4 Å². The summed E-state index contributed by atoms with van der Waals surface area (Å²) < 4.78 is 13.6. The lowest BCUT2D eigenvalue weighted by molar-refractivity contribution is -0.0672. The molecule has 1 N–H and O–H groups in total. The van der Waals surface area contributed by atoms with Crippen LogP contribution in [0.3, 0.4) is 0 Å². The average molecular weight is 481 g/mol. The van der Waals surface area contributed by atoms with Crippen LogP contribution in [0.25, 0.3) is 11.3 Å². The molecule has 2 heterocycles. The molecule has 6 aliphatic rings. The smallest absolute Gasteiger partial charge is 0.148 e. The van der Waals surface area contributed by atoms with Crippen LogP contribution in [0.5, 0.6) is 0 Å². The normalized spacial score (nSPS) is 38.4. The van der Waals surface area contributed by atoms with Crippen LogP contribution in [0.4, 0.5) is 10.2 Å². The summed E-state index contributed by atoms with van der Waals surface area (Å²) in [5.74, 6) is 5.24. The number of nitrogens with one attached hydrogen (secondary N) is 1. The fourth-order valence-electron chi connectivity index (χ4n) is 9.06. The van der Waals surface area contributed by atoms with E-state index < -0.39 is 0 Å². The zero-order valence-corrected chi connectivity index (χ0v) is 20.5. The van der Waals surface area contributed by atoms with Crippen LogP contribution in [-0.4, -0.2) is 40.8 Å². The predicted octanol–water partition coefficient (Wildman–Crippen LogP) is 6.27. The summed E-state index contributed by atoms with van der Waals surface area (Å²) in [6.45, 7) is 3.94. The average Bonchev–Trinajstić information content (AvgIpc) is 3.32. The molecule has 1 aliphatic heterocycles. The Morgan fingerprint density at radius 1 is 0.912 bits per heavy atom. The number of halogens is 2. The highest BCUT2D eigenvalue weighted by Gasteiger charge is 2.52. The van der Waals surface area contributed by atoms with Crippen molar-refractivity contribution < 1.29 is 4.39 Å². The molecule has 0 spiro atoms. The van der Waals surface area contributed by atoms with Gasteiger partial charge in [-0.2, -0.15) is 0 Å². The van der Waals surface area contributed by atoms with Gasteiger partial charge in [-0.15, -0.1) is 10.2 Å². The summed E-state index contributed by atoms with van der Waals surface area (Å²) >= 11 is 6.22. The minimum Gasteiger partial charge on any atom is -0.366 e. The van der Waals surface area contributed by atoms with Gasteiger partial charge in [0, 0.05) is 31.2 Å². The summed E-state index contributed by atoms with van der Waals surface area (Å²) in [6.07, 6.45) is 11.6. The van der Waals surface area contributed by atoms with Gasteiger partial charge in [0.15, 0.2) is 0 Å². The van der Waals surface area contributed by atoms with Gasteiger partial charge < -0.3 is 10.2 Å². The molecule has 180 valence electrons. The topological polar surface area (TPSA) is 41.0 Å². The highest BCUT2D eigenvalue weighted by molar-refractivity contribution is 6.33. The van der Waals surface area contributed by atoms with E-state index in [1.54, 1.807) is 6.07 Å². The third kappa shape index (κ3) is 3.93. The Hall–Kier alpha value is -1.72. The number of nitrogens with zero attached hydrogens (tertiary/aromatic N) is 3. The van der Waals surface area contributed by atoms with Gasteiger partial charge in [-0.3, -0.25) is 0 Å². The third-order valence-corrected chi connectivity index (χ3v) is 10.1. The first-order valence-corrected chi connectivity index (χ1v) is 13.7. The largest absolute Gasteiger partial charge is 0.366 e. The first-order chi connectivity index (χ1) is 16.5. The van der Waals surface area contributed by atoms with Gasteiger partial charge in [-0.25, -0.2) is 4.39 Å². The molecule has 0 amide bonds. The van der Waals surface area contributed by atoms with Crippen molar-refractivity contribution in [3.8, 4) is 11.3 Å². The molecule has 6 heteroatoms. The van der Waals surface area contributed by atoms with Crippen molar-refractivity contribution in [3.05, 3.63) is 41.2 Å². The Morgan fingerprint density at radius 3 is 2.21 bits per heavy atom. The van der Waals surface area contributed by atoms with E-state index in [1.807, 2.05) is 12.1 Å². The summed E-state index contributed by atoms with van der Waals surface area (Å²) in [5.41, 5.74) is 1.83. The number of benzene rings is 1. The van der Waals surface area contributed by atoms with Crippen LogP contribution >= 0.6 is 11.6 Å². The van der Waals surface area contributed by atoms with E-state index in [1.165, 1.54) is 83.1 Å². The number of fused-ring (bicyclic) bond motifs is 1. The standard InChI is InChI=1S/C28H34ClFN4/c29-25-2-1-22(30)10-24(25)26-3-4-27(33-32-26)31-23-8-20-14-34(15-21(20)9-23)16-28-11-17-5-18(12-28)7-19(6-17)13-28/h1-4,10,17-21,23H,5-9,11-16H2,(H,31,33)/t17?,18?,19?,20-,21+,23?,28?. The maximum atomic E-state index is 13.6. The van der Waals surface area contributed by atoms with E-state index in [9.17, 15) is 4.39 Å². The number of aromatic nitrogens is 2. The van der Waals surface area contributed by atoms with E-state index >= 15 is 0 Å². The number of anilines is 1. The van der Waals surface area contributed by atoms with Crippen LogP contribution in [-0.2, 0) is 0 Å². The Bertz CT molecular complexity index is 1020. The second-order valence-electron chi connectivity index (χ2n) is 12.4. The van der Waals surface area contributed by atoms with Crippen LogP contribution in [0.15, 0.2) is 30.3 Å². The molecule has 5 saturated carbocycles. The van der Waals surface area contributed by atoms with Crippen molar-refractivity contribution in [2.75, 3.05) is 25.0 Å². The second kappa shape index (κ2) is 8.16. The highest BCUT2D eigenvalue weighted by Crippen LogP contribution is 2.60. The Morgan fingerprint density at radius 2 is 1.59 bits per heavy atom. The third-order valence-electron chi connectivity index (χ3n) is 9.77. The van der Waals surface area contributed by atoms with Crippen LogP contribution < -0.4 is 5.32 Å². The number of rotatable bonds is 5. The van der Waals surface area contributed by atoms with Gasteiger partial charge >= 0.3 is 0 Å². The van der Waals surface area contributed by atoms with Crippen molar-refractivity contribution in [2.24, 2.45) is 35.0 Å². The number of hydrogen-bond donors (Lipinski definition) is 1. The molecule has 5 aliphatic carbocycles. The maximum absolute atomic E-state index is 13.6. The number of likely N-dealkylation sites (tertiary alicyclic amines) is 1. The molecule has 6 fully saturated rings. The van der Waals surface area contributed by atoms with Crippen molar-refractivity contribution in [3.63, 3.8) is 0 Å². The van der Waals surface area contributed by atoms with E-state index in [4.69, 9.17) is 11.6 Å². The summed E-state index contributed by atoms with van der Waals surface area (Å²) in [4.78, 5) is 2.84. The number of hydrogen-bond acceptors (Lipinski definition) is 4.